The van der Waals surface area contributed by atoms with E-state index >= 15 is 0 Å². The summed E-state index contributed by atoms with van der Waals surface area (Å²) in [6, 6.07) is 4.43. The SMILES string of the molecule is CCCNC(C#N)c1cc(F)cc(F)c1. The van der Waals surface area contributed by atoms with E-state index in [-0.39, 0.29) is 0 Å². The highest BCUT2D eigenvalue weighted by molar-refractivity contribution is 5.25. The van der Waals surface area contributed by atoms with Crippen LogP contribution in [0.15, 0.2) is 18.2 Å². The van der Waals surface area contributed by atoms with Crippen LogP contribution in [0.2, 0.25) is 0 Å². The molecular formula is C11H12F2N2. The highest BCUT2D eigenvalue weighted by Crippen LogP contribution is 2.15. The van der Waals surface area contributed by atoms with Gasteiger partial charge >= 0.3 is 0 Å². The third-order valence-corrected chi connectivity index (χ3v) is 1.95. The Bertz CT molecular complexity index is 351. The minimum Gasteiger partial charge on any atom is -0.298 e. The molecule has 1 aromatic carbocycles. The standard InChI is InChI=1S/C11H12F2N2/c1-2-3-15-11(7-14)8-4-9(12)6-10(13)5-8/h4-6,11,15H,2-3H2,1H3. The zero-order valence-corrected chi connectivity index (χ0v) is 8.43. The number of benzene rings is 1. The molecule has 1 aromatic rings. The van der Waals surface area contributed by atoms with Crippen LogP contribution in [0.4, 0.5) is 8.78 Å². The second-order valence-electron chi connectivity index (χ2n) is 3.22. The number of nitrogens with zero attached hydrogens (tertiary/aromatic N) is 1. The van der Waals surface area contributed by atoms with E-state index in [0.717, 1.165) is 12.5 Å². The van der Waals surface area contributed by atoms with Crippen LogP contribution in [-0.2, 0) is 0 Å². The van der Waals surface area contributed by atoms with Crippen LogP contribution in [0.1, 0.15) is 24.9 Å². The number of hydrogen-bond donors (Lipinski definition) is 1. The van der Waals surface area contributed by atoms with Crippen molar-refractivity contribution < 1.29 is 8.78 Å². The van der Waals surface area contributed by atoms with Gasteiger partial charge in [-0.15, -0.1) is 0 Å². The van der Waals surface area contributed by atoms with Crippen LogP contribution in [0.5, 0.6) is 0 Å². The fourth-order valence-corrected chi connectivity index (χ4v) is 1.27. The van der Waals surface area contributed by atoms with Crippen molar-refractivity contribution in [3.05, 3.63) is 35.4 Å². The summed E-state index contributed by atoms with van der Waals surface area (Å²) in [5, 5.41) is 11.7. The molecule has 0 spiro atoms. The van der Waals surface area contributed by atoms with Gasteiger partial charge in [-0.1, -0.05) is 6.92 Å². The maximum atomic E-state index is 12.9. The van der Waals surface area contributed by atoms with Crippen molar-refractivity contribution in [2.24, 2.45) is 0 Å². The van der Waals surface area contributed by atoms with Gasteiger partial charge in [0.05, 0.1) is 6.07 Å². The molecule has 0 bridgehead atoms. The van der Waals surface area contributed by atoms with Crippen LogP contribution in [-0.4, -0.2) is 6.54 Å². The molecule has 4 heteroatoms. The summed E-state index contributed by atoms with van der Waals surface area (Å²) in [6.45, 7) is 2.59. The van der Waals surface area contributed by atoms with Gasteiger partial charge in [0.1, 0.15) is 17.7 Å². The molecule has 0 aliphatic carbocycles. The van der Waals surface area contributed by atoms with Gasteiger partial charge in [0.15, 0.2) is 0 Å². The normalized spacial score (nSPS) is 12.1. The molecule has 0 heterocycles. The van der Waals surface area contributed by atoms with Gasteiger partial charge in [0.2, 0.25) is 0 Å². The van der Waals surface area contributed by atoms with Gasteiger partial charge in [-0.05, 0) is 30.7 Å². The highest BCUT2D eigenvalue weighted by atomic mass is 19.1. The van der Waals surface area contributed by atoms with Gasteiger partial charge in [0, 0.05) is 6.07 Å². The molecule has 80 valence electrons. The summed E-state index contributed by atoms with van der Waals surface area (Å²) in [4.78, 5) is 0. The topological polar surface area (TPSA) is 35.8 Å². The molecular weight excluding hydrogens is 198 g/mol. The summed E-state index contributed by atoms with van der Waals surface area (Å²) in [5.41, 5.74) is 0.323. The lowest BCUT2D eigenvalue weighted by atomic mass is 10.1. The Balaban J connectivity index is 2.87. The lowest BCUT2D eigenvalue weighted by molar-refractivity contribution is 0.566. The van der Waals surface area contributed by atoms with Crippen LogP contribution in [0.3, 0.4) is 0 Å². The number of nitrogens with one attached hydrogen (secondary N) is 1. The average molecular weight is 210 g/mol. The largest absolute Gasteiger partial charge is 0.298 e. The zero-order valence-electron chi connectivity index (χ0n) is 8.43. The van der Waals surface area contributed by atoms with Crippen molar-refractivity contribution in [3.63, 3.8) is 0 Å². The lowest BCUT2D eigenvalue weighted by Gasteiger charge is -2.10. The average Bonchev–Trinajstić information content (AvgIpc) is 2.17. The predicted octanol–water partition coefficient (Wildman–Crippen LogP) is 2.53. The summed E-state index contributed by atoms with van der Waals surface area (Å²) in [7, 11) is 0. The maximum absolute atomic E-state index is 12.9. The summed E-state index contributed by atoms with van der Waals surface area (Å²) in [5.74, 6) is -1.33. The van der Waals surface area contributed by atoms with Crippen LogP contribution in [0, 0.1) is 23.0 Å². The van der Waals surface area contributed by atoms with Crippen molar-refractivity contribution in [3.8, 4) is 6.07 Å². The van der Waals surface area contributed by atoms with E-state index in [2.05, 4.69) is 5.32 Å². The van der Waals surface area contributed by atoms with Crippen molar-refractivity contribution >= 4 is 0 Å². The highest BCUT2D eigenvalue weighted by Gasteiger charge is 2.11. The Morgan fingerprint density at radius 1 is 1.33 bits per heavy atom. The quantitative estimate of drug-likeness (QED) is 0.828. The van der Waals surface area contributed by atoms with E-state index in [1.807, 2.05) is 13.0 Å². The van der Waals surface area contributed by atoms with Crippen LogP contribution < -0.4 is 5.32 Å². The van der Waals surface area contributed by atoms with Gasteiger partial charge in [-0.3, -0.25) is 5.32 Å². The molecule has 1 rings (SSSR count). The third-order valence-electron chi connectivity index (χ3n) is 1.95. The second-order valence-corrected chi connectivity index (χ2v) is 3.22. The smallest absolute Gasteiger partial charge is 0.126 e. The molecule has 0 aliphatic heterocycles. The molecule has 0 saturated carbocycles. The number of rotatable bonds is 4. The minimum absolute atomic E-state index is 0.323. The Morgan fingerprint density at radius 2 is 1.93 bits per heavy atom. The van der Waals surface area contributed by atoms with E-state index in [9.17, 15) is 8.78 Å². The first kappa shape index (κ1) is 11.6. The molecule has 0 saturated heterocycles. The Hall–Kier alpha value is -1.47. The molecule has 0 fully saturated rings. The van der Waals surface area contributed by atoms with Crippen molar-refractivity contribution in [1.29, 1.82) is 5.26 Å². The molecule has 0 amide bonds. The van der Waals surface area contributed by atoms with E-state index in [4.69, 9.17) is 5.26 Å². The summed E-state index contributed by atoms with van der Waals surface area (Å²) in [6.07, 6.45) is 0.857. The molecule has 0 radical (unpaired) electrons. The van der Waals surface area contributed by atoms with Gasteiger partial charge in [-0.25, -0.2) is 8.78 Å². The van der Waals surface area contributed by atoms with Crippen LogP contribution >= 0.6 is 0 Å². The Morgan fingerprint density at radius 3 is 2.40 bits per heavy atom. The monoisotopic (exact) mass is 210 g/mol. The maximum Gasteiger partial charge on any atom is 0.126 e. The van der Waals surface area contributed by atoms with Crippen LogP contribution in [0.25, 0.3) is 0 Å². The number of halogens is 2. The molecule has 1 N–H and O–H groups in total. The second kappa shape index (κ2) is 5.42. The molecule has 1 atom stereocenters. The van der Waals surface area contributed by atoms with E-state index in [1.54, 1.807) is 0 Å². The van der Waals surface area contributed by atoms with Gasteiger partial charge < -0.3 is 0 Å². The lowest BCUT2D eigenvalue weighted by Crippen LogP contribution is -2.20. The van der Waals surface area contributed by atoms with Crippen molar-refractivity contribution in [2.45, 2.75) is 19.4 Å². The number of hydrogen-bond acceptors (Lipinski definition) is 2. The van der Waals surface area contributed by atoms with Crippen molar-refractivity contribution in [2.75, 3.05) is 6.54 Å². The summed E-state index contributed by atoms with van der Waals surface area (Å²) < 4.78 is 25.7. The summed E-state index contributed by atoms with van der Waals surface area (Å²) >= 11 is 0. The first-order valence-electron chi connectivity index (χ1n) is 4.76. The Kier molecular flexibility index (Phi) is 4.19. The minimum atomic E-state index is -0.663. The zero-order chi connectivity index (χ0) is 11.3. The van der Waals surface area contributed by atoms with Crippen molar-refractivity contribution in [1.82, 2.24) is 5.32 Å². The number of nitriles is 1. The Labute approximate surface area is 87.5 Å². The molecule has 1 unspecified atom stereocenters. The molecule has 2 nitrogen and oxygen atoms in total. The molecule has 0 aliphatic rings. The molecule has 0 aromatic heterocycles. The van der Waals surface area contributed by atoms with Gasteiger partial charge in [0.25, 0.3) is 0 Å². The van der Waals surface area contributed by atoms with E-state index in [1.165, 1.54) is 12.1 Å². The molecule has 15 heavy (non-hydrogen) atoms. The fourth-order valence-electron chi connectivity index (χ4n) is 1.27. The van der Waals surface area contributed by atoms with E-state index < -0.39 is 17.7 Å². The van der Waals surface area contributed by atoms with Gasteiger partial charge in [-0.2, -0.15) is 5.26 Å². The first-order valence-corrected chi connectivity index (χ1v) is 4.76. The third kappa shape index (κ3) is 3.30. The first-order chi connectivity index (χ1) is 7.17. The fraction of sp³-hybridized carbons (Fsp3) is 0.364. The predicted molar refractivity (Wildman–Crippen MR) is 53.0 cm³/mol. The van der Waals surface area contributed by atoms with E-state index in [0.29, 0.717) is 12.1 Å².